The number of hydrogen-bond donors (Lipinski definition) is 1. The second-order valence-corrected chi connectivity index (χ2v) is 3.30. The van der Waals surface area contributed by atoms with Gasteiger partial charge in [-0.2, -0.15) is 0 Å². The van der Waals surface area contributed by atoms with Crippen LogP contribution in [0.15, 0.2) is 17.5 Å². The predicted octanol–water partition coefficient (Wildman–Crippen LogP) is 2.14. The fraction of sp³-hybridized carbons (Fsp3) is 0.375. The lowest BCUT2D eigenvalue weighted by molar-refractivity contribution is -0.116. The van der Waals surface area contributed by atoms with E-state index in [-0.39, 0.29) is 5.78 Å². The average molecular weight is 169 g/mol. The molecule has 1 N–H and O–H groups in total. The topological polar surface area (TPSA) is 29.1 Å². The van der Waals surface area contributed by atoms with Crippen LogP contribution in [-0.2, 0) is 4.79 Å². The molecule has 11 heavy (non-hydrogen) atoms. The van der Waals surface area contributed by atoms with E-state index in [1.54, 1.807) is 18.3 Å². The van der Waals surface area contributed by atoms with E-state index in [0.717, 1.165) is 11.5 Å². The number of Topliss-reactive ketones (excluding diaryl/α,β-unsaturated/α-hetero) is 1. The van der Waals surface area contributed by atoms with Crippen molar-refractivity contribution in [2.75, 3.05) is 11.9 Å². The third-order valence-electron chi connectivity index (χ3n) is 1.30. The SMILES string of the molecule is CC(=O)CCNc1cccs1. The summed E-state index contributed by atoms with van der Waals surface area (Å²) in [6.07, 6.45) is 0.609. The lowest BCUT2D eigenvalue weighted by atomic mass is 10.3. The van der Waals surface area contributed by atoms with Gasteiger partial charge in [-0.15, -0.1) is 11.3 Å². The van der Waals surface area contributed by atoms with Gasteiger partial charge in [-0.05, 0) is 24.4 Å². The first-order valence-corrected chi connectivity index (χ1v) is 4.44. The largest absolute Gasteiger partial charge is 0.376 e. The van der Waals surface area contributed by atoms with Gasteiger partial charge in [-0.3, -0.25) is 4.79 Å². The molecule has 1 aromatic rings. The van der Waals surface area contributed by atoms with Crippen molar-refractivity contribution >= 4 is 22.1 Å². The lowest BCUT2D eigenvalue weighted by Gasteiger charge is -1.99. The highest BCUT2D eigenvalue weighted by Crippen LogP contribution is 2.14. The smallest absolute Gasteiger partial charge is 0.131 e. The fourth-order valence-corrected chi connectivity index (χ4v) is 1.39. The molecule has 1 heterocycles. The van der Waals surface area contributed by atoms with Gasteiger partial charge in [0.05, 0.1) is 5.00 Å². The van der Waals surface area contributed by atoms with Crippen molar-refractivity contribution < 1.29 is 4.79 Å². The quantitative estimate of drug-likeness (QED) is 0.748. The van der Waals surface area contributed by atoms with Crippen LogP contribution in [-0.4, -0.2) is 12.3 Å². The number of anilines is 1. The van der Waals surface area contributed by atoms with Gasteiger partial charge in [0.1, 0.15) is 5.78 Å². The molecule has 0 aromatic carbocycles. The van der Waals surface area contributed by atoms with Gasteiger partial charge in [0.15, 0.2) is 0 Å². The summed E-state index contributed by atoms with van der Waals surface area (Å²) in [7, 11) is 0. The molecule has 0 aliphatic rings. The molecule has 0 fully saturated rings. The number of thiophene rings is 1. The van der Waals surface area contributed by atoms with Gasteiger partial charge < -0.3 is 5.32 Å². The van der Waals surface area contributed by atoms with Gasteiger partial charge in [-0.25, -0.2) is 0 Å². The number of carbonyl (C=O) groups excluding carboxylic acids is 1. The number of ketones is 1. The van der Waals surface area contributed by atoms with E-state index in [9.17, 15) is 4.79 Å². The second kappa shape index (κ2) is 4.13. The van der Waals surface area contributed by atoms with Crippen molar-refractivity contribution in [2.45, 2.75) is 13.3 Å². The van der Waals surface area contributed by atoms with Crippen LogP contribution in [0.4, 0.5) is 5.00 Å². The highest BCUT2D eigenvalue weighted by atomic mass is 32.1. The Morgan fingerprint density at radius 2 is 2.55 bits per heavy atom. The molecule has 60 valence electrons. The maximum atomic E-state index is 10.5. The molecule has 2 nitrogen and oxygen atoms in total. The van der Waals surface area contributed by atoms with Crippen molar-refractivity contribution in [1.29, 1.82) is 0 Å². The zero-order valence-corrected chi connectivity index (χ0v) is 7.28. The zero-order chi connectivity index (χ0) is 8.10. The molecule has 0 atom stereocenters. The van der Waals surface area contributed by atoms with Crippen LogP contribution in [0.25, 0.3) is 0 Å². The molecule has 0 saturated carbocycles. The zero-order valence-electron chi connectivity index (χ0n) is 6.46. The minimum atomic E-state index is 0.231. The molecule has 0 bridgehead atoms. The highest BCUT2D eigenvalue weighted by Gasteiger charge is 1.93. The van der Waals surface area contributed by atoms with Crippen LogP contribution in [0.2, 0.25) is 0 Å². The monoisotopic (exact) mass is 169 g/mol. The number of rotatable bonds is 4. The molecular formula is C8H11NOS. The highest BCUT2D eigenvalue weighted by molar-refractivity contribution is 7.14. The minimum absolute atomic E-state index is 0.231. The van der Waals surface area contributed by atoms with E-state index in [1.807, 2.05) is 17.5 Å². The summed E-state index contributed by atoms with van der Waals surface area (Å²) in [5, 5.41) is 6.29. The Morgan fingerprint density at radius 1 is 1.73 bits per heavy atom. The summed E-state index contributed by atoms with van der Waals surface area (Å²) in [5.74, 6) is 0.231. The first-order chi connectivity index (χ1) is 5.29. The first-order valence-electron chi connectivity index (χ1n) is 3.56. The molecule has 0 amide bonds. The van der Waals surface area contributed by atoms with E-state index in [0.29, 0.717) is 6.42 Å². The Kier molecular flexibility index (Phi) is 3.11. The number of carbonyl (C=O) groups is 1. The summed E-state index contributed by atoms with van der Waals surface area (Å²) < 4.78 is 0. The molecule has 1 aromatic heterocycles. The molecule has 0 aliphatic carbocycles. The average Bonchev–Trinajstić information content (AvgIpc) is 2.39. The van der Waals surface area contributed by atoms with Gasteiger partial charge in [0.25, 0.3) is 0 Å². The van der Waals surface area contributed by atoms with Gasteiger partial charge in [0, 0.05) is 13.0 Å². The van der Waals surface area contributed by atoms with Crippen LogP contribution < -0.4 is 5.32 Å². The Labute approximate surface area is 70.2 Å². The Balaban J connectivity index is 2.19. The maximum absolute atomic E-state index is 10.5. The molecule has 0 radical (unpaired) electrons. The molecule has 1 rings (SSSR count). The molecule has 0 unspecified atom stereocenters. The van der Waals surface area contributed by atoms with E-state index in [1.165, 1.54) is 0 Å². The normalized spacial score (nSPS) is 9.55. The van der Waals surface area contributed by atoms with Crippen molar-refractivity contribution in [3.8, 4) is 0 Å². The molecule has 0 saturated heterocycles. The third-order valence-corrected chi connectivity index (χ3v) is 2.13. The maximum Gasteiger partial charge on any atom is 0.131 e. The Hall–Kier alpha value is -0.830. The third kappa shape index (κ3) is 3.18. The van der Waals surface area contributed by atoms with E-state index in [4.69, 9.17) is 0 Å². The standard InChI is InChI=1S/C8H11NOS/c1-7(10)4-5-9-8-3-2-6-11-8/h2-3,6,9H,4-5H2,1H3. The fourth-order valence-electron chi connectivity index (χ4n) is 0.741. The first kappa shape index (κ1) is 8.27. The molecule has 3 heteroatoms. The van der Waals surface area contributed by atoms with Crippen LogP contribution in [0.1, 0.15) is 13.3 Å². The van der Waals surface area contributed by atoms with E-state index >= 15 is 0 Å². The molecule has 0 aliphatic heterocycles. The summed E-state index contributed by atoms with van der Waals surface area (Å²) >= 11 is 1.65. The van der Waals surface area contributed by atoms with Gasteiger partial charge in [-0.1, -0.05) is 0 Å². The van der Waals surface area contributed by atoms with Crippen molar-refractivity contribution in [3.63, 3.8) is 0 Å². The summed E-state index contributed by atoms with van der Waals surface area (Å²) in [5.41, 5.74) is 0. The Bertz CT molecular complexity index is 218. The molecule has 0 spiro atoms. The van der Waals surface area contributed by atoms with Crippen LogP contribution in [0.5, 0.6) is 0 Å². The second-order valence-electron chi connectivity index (χ2n) is 2.36. The van der Waals surface area contributed by atoms with Crippen molar-refractivity contribution in [2.24, 2.45) is 0 Å². The van der Waals surface area contributed by atoms with Crippen molar-refractivity contribution in [3.05, 3.63) is 17.5 Å². The summed E-state index contributed by atoms with van der Waals surface area (Å²) in [4.78, 5) is 10.5. The van der Waals surface area contributed by atoms with Crippen LogP contribution in [0.3, 0.4) is 0 Å². The van der Waals surface area contributed by atoms with Crippen LogP contribution in [0, 0.1) is 0 Å². The predicted molar refractivity (Wildman–Crippen MR) is 48.1 cm³/mol. The van der Waals surface area contributed by atoms with Crippen molar-refractivity contribution in [1.82, 2.24) is 0 Å². The minimum Gasteiger partial charge on any atom is -0.376 e. The Morgan fingerprint density at radius 3 is 3.09 bits per heavy atom. The molecular weight excluding hydrogens is 158 g/mol. The lowest BCUT2D eigenvalue weighted by Crippen LogP contribution is -2.04. The van der Waals surface area contributed by atoms with E-state index in [2.05, 4.69) is 5.32 Å². The van der Waals surface area contributed by atoms with Gasteiger partial charge in [0.2, 0.25) is 0 Å². The van der Waals surface area contributed by atoms with E-state index < -0.39 is 0 Å². The summed E-state index contributed by atoms with van der Waals surface area (Å²) in [6.45, 7) is 2.35. The number of hydrogen-bond acceptors (Lipinski definition) is 3. The van der Waals surface area contributed by atoms with Crippen LogP contribution >= 0.6 is 11.3 Å². The number of nitrogens with one attached hydrogen (secondary N) is 1. The summed E-state index contributed by atoms with van der Waals surface area (Å²) in [6, 6.07) is 3.99. The van der Waals surface area contributed by atoms with Gasteiger partial charge >= 0.3 is 0 Å².